The van der Waals surface area contributed by atoms with E-state index >= 15 is 0 Å². The van der Waals surface area contributed by atoms with Crippen molar-refractivity contribution in [3.63, 3.8) is 0 Å². The molecule has 3 rings (SSSR count). The van der Waals surface area contributed by atoms with Gasteiger partial charge in [-0.25, -0.2) is 4.98 Å². The van der Waals surface area contributed by atoms with Crippen LogP contribution in [0.15, 0.2) is 40.5 Å². The van der Waals surface area contributed by atoms with Gasteiger partial charge in [-0.2, -0.15) is 0 Å². The molecule has 0 radical (unpaired) electrons. The number of fused-ring (bicyclic) bond motifs is 1. The number of carbonyl (C=O) groups is 1. The summed E-state index contributed by atoms with van der Waals surface area (Å²) >= 11 is 1.43. The average molecular weight is 444 g/mol. The first-order valence-corrected chi connectivity index (χ1v) is 11.6. The molecular formula is C24H33N3O3S. The van der Waals surface area contributed by atoms with Crippen LogP contribution < -0.4 is 14.4 Å². The summed E-state index contributed by atoms with van der Waals surface area (Å²) in [7, 11) is 0. The molecule has 1 aliphatic heterocycles. The fourth-order valence-electron chi connectivity index (χ4n) is 3.21. The number of nitrogens with zero attached hydrogens (tertiary/aromatic N) is 3. The van der Waals surface area contributed by atoms with Gasteiger partial charge in [0.05, 0.1) is 5.69 Å². The van der Waals surface area contributed by atoms with Gasteiger partial charge in [0.15, 0.2) is 23.2 Å². The van der Waals surface area contributed by atoms with Crippen molar-refractivity contribution >= 4 is 28.6 Å². The molecule has 6 nitrogen and oxygen atoms in total. The van der Waals surface area contributed by atoms with Crippen molar-refractivity contribution in [2.45, 2.75) is 66.9 Å². The van der Waals surface area contributed by atoms with Crippen molar-refractivity contribution in [2.75, 3.05) is 11.5 Å². The van der Waals surface area contributed by atoms with E-state index in [4.69, 9.17) is 9.47 Å². The summed E-state index contributed by atoms with van der Waals surface area (Å²) in [6.45, 7) is 13.7. The molecule has 0 saturated heterocycles. The summed E-state index contributed by atoms with van der Waals surface area (Å²) in [6, 6.07) is 5.80. The van der Waals surface area contributed by atoms with Crippen molar-refractivity contribution in [3.05, 3.63) is 46.7 Å². The van der Waals surface area contributed by atoms with Gasteiger partial charge in [-0.3, -0.25) is 14.7 Å². The zero-order valence-electron chi connectivity index (χ0n) is 19.6. The molecule has 0 atom stereocenters. The lowest BCUT2D eigenvalue weighted by atomic mass is 10.0. The molecule has 0 N–H and O–H groups in total. The summed E-state index contributed by atoms with van der Waals surface area (Å²) < 4.78 is 11.9. The van der Waals surface area contributed by atoms with E-state index < -0.39 is 0 Å². The van der Waals surface area contributed by atoms with E-state index in [9.17, 15) is 4.79 Å². The van der Waals surface area contributed by atoms with Gasteiger partial charge in [0.2, 0.25) is 0 Å². The molecule has 0 bridgehead atoms. The number of aliphatic imine (C=N–C) groups is 1. The Labute approximate surface area is 189 Å². The van der Waals surface area contributed by atoms with E-state index in [1.54, 1.807) is 17.3 Å². The summed E-state index contributed by atoms with van der Waals surface area (Å²) in [4.78, 5) is 23.4. The number of amides is 1. The molecule has 0 aliphatic carbocycles. The number of hydrogen-bond donors (Lipinski definition) is 0. The quantitative estimate of drug-likeness (QED) is 0.496. The van der Waals surface area contributed by atoms with Gasteiger partial charge in [-0.15, -0.1) is 11.3 Å². The van der Waals surface area contributed by atoms with E-state index in [0.717, 1.165) is 29.1 Å². The van der Waals surface area contributed by atoms with Crippen LogP contribution in [-0.4, -0.2) is 29.3 Å². The summed E-state index contributed by atoms with van der Waals surface area (Å²) in [5.74, 6) is 1.11. The number of anilines is 1. The number of rotatable bonds is 7. The Kier molecular flexibility index (Phi) is 8.80. The van der Waals surface area contributed by atoms with Gasteiger partial charge >= 0.3 is 0 Å². The third kappa shape index (κ3) is 6.17. The molecule has 2 aromatic rings. The molecular weight excluding hydrogens is 410 g/mol. The first kappa shape index (κ1) is 24.6. The standard InChI is InChI=1S/C22H27N3O3S.C2H6/c1-6-17(12-23-7-2)25(21-24-15(3)14-29-21)19(26)13-27-18-10-8-9-16-11-22(4,5)28-20(16)18;1-2/h7-10,12,14H,6,11,13H2,1-5H3;1-2H3/b17-12+,23-7?;. The molecule has 7 heteroatoms. The summed E-state index contributed by atoms with van der Waals surface area (Å²) in [5.41, 5.74) is 2.46. The molecule has 1 aromatic heterocycles. The van der Waals surface area contributed by atoms with Gasteiger partial charge in [-0.1, -0.05) is 32.9 Å². The highest BCUT2D eigenvalue weighted by molar-refractivity contribution is 7.14. The molecule has 0 spiro atoms. The molecule has 2 heterocycles. The Morgan fingerprint density at radius 1 is 1.39 bits per heavy atom. The Hall–Kier alpha value is -2.67. The van der Waals surface area contributed by atoms with E-state index in [0.29, 0.717) is 17.3 Å². The number of aryl methyl sites for hydroxylation is 1. The maximum Gasteiger partial charge on any atom is 0.271 e. The monoisotopic (exact) mass is 443 g/mol. The molecule has 1 amide bonds. The van der Waals surface area contributed by atoms with E-state index in [1.807, 2.05) is 72.0 Å². The predicted octanol–water partition coefficient (Wildman–Crippen LogP) is 5.95. The fourth-order valence-corrected chi connectivity index (χ4v) is 4.06. The third-order valence-electron chi connectivity index (χ3n) is 4.48. The summed E-state index contributed by atoms with van der Waals surface area (Å²) in [5, 5.41) is 2.54. The van der Waals surface area contributed by atoms with Gasteiger partial charge in [0.25, 0.3) is 5.91 Å². The number of thiazole rings is 1. The maximum atomic E-state index is 13.2. The highest BCUT2D eigenvalue weighted by Crippen LogP contribution is 2.41. The Morgan fingerprint density at radius 2 is 2.13 bits per heavy atom. The third-order valence-corrected chi connectivity index (χ3v) is 5.42. The normalized spacial score (nSPS) is 14.5. The Bertz CT molecular complexity index is 947. The molecule has 31 heavy (non-hydrogen) atoms. The van der Waals surface area contributed by atoms with Crippen LogP contribution in [0.5, 0.6) is 11.5 Å². The topological polar surface area (TPSA) is 64.0 Å². The van der Waals surface area contributed by atoms with E-state index in [2.05, 4.69) is 9.98 Å². The van der Waals surface area contributed by atoms with Gasteiger partial charge in [0, 0.05) is 35.5 Å². The second-order valence-electron chi connectivity index (χ2n) is 7.45. The Balaban J connectivity index is 0.00000166. The zero-order valence-corrected chi connectivity index (χ0v) is 20.4. The lowest BCUT2D eigenvalue weighted by Gasteiger charge is -2.22. The minimum atomic E-state index is -0.271. The number of allylic oxidation sites excluding steroid dienone is 1. The highest BCUT2D eigenvalue weighted by Gasteiger charge is 2.32. The van der Waals surface area contributed by atoms with Gasteiger partial charge in [-0.05, 0) is 40.2 Å². The van der Waals surface area contributed by atoms with Gasteiger partial charge in [0.1, 0.15) is 5.60 Å². The fraction of sp³-hybridized carbons (Fsp3) is 0.458. The molecule has 1 aromatic carbocycles. The van der Waals surface area contributed by atoms with Crippen molar-refractivity contribution in [1.29, 1.82) is 0 Å². The first-order valence-electron chi connectivity index (χ1n) is 10.7. The largest absolute Gasteiger partial charge is 0.483 e. The lowest BCUT2D eigenvalue weighted by molar-refractivity contribution is -0.120. The zero-order chi connectivity index (χ0) is 23.0. The number of para-hydroxylation sites is 1. The Morgan fingerprint density at radius 3 is 2.74 bits per heavy atom. The number of aromatic nitrogens is 1. The maximum absolute atomic E-state index is 13.2. The first-order chi connectivity index (χ1) is 14.8. The number of hydrogen-bond acceptors (Lipinski definition) is 6. The minimum Gasteiger partial charge on any atom is -0.483 e. The smallest absolute Gasteiger partial charge is 0.271 e. The average Bonchev–Trinajstić information content (AvgIpc) is 3.31. The SMILES string of the molecule is CC.CC=N/C=C(\CC)N(C(=O)COc1cccc2c1OC(C)(C)C2)c1nc(C)cs1. The second kappa shape index (κ2) is 11.1. The minimum absolute atomic E-state index is 0.119. The van der Waals surface area contributed by atoms with Crippen molar-refractivity contribution < 1.29 is 14.3 Å². The van der Waals surface area contributed by atoms with E-state index in [-0.39, 0.29) is 18.1 Å². The van der Waals surface area contributed by atoms with Crippen molar-refractivity contribution in [2.24, 2.45) is 4.99 Å². The van der Waals surface area contributed by atoms with Crippen LogP contribution in [0.3, 0.4) is 0 Å². The number of carbonyl (C=O) groups excluding carboxylic acids is 1. The second-order valence-corrected chi connectivity index (χ2v) is 8.29. The van der Waals surface area contributed by atoms with Crippen LogP contribution in [0, 0.1) is 6.92 Å². The molecule has 0 fully saturated rings. The van der Waals surface area contributed by atoms with Crippen LogP contribution in [0.4, 0.5) is 5.13 Å². The predicted molar refractivity (Wildman–Crippen MR) is 129 cm³/mol. The van der Waals surface area contributed by atoms with Gasteiger partial charge < -0.3 is 9.47 Å². The molecule has 168 valence electrons. The summed E-state index contributed by atoms with van der Waals surface area (Å²) in [6.07, 6.45) is 4.84. The van der Waals surface area contributed by atoms with Crippen LogP contribution in [-0.2, 0) is 11.2 Å². The number of ether oxygens (including phenoxy) is 2. The van der Waals surface area contributed by atoms with Crippen LogP contribution in [0.25, 0.3) is 0 Å². The molecule has 0 saturated carbocycles. The molecule has 1 aliphatic rings. The lowest BCUT2D eigenvalue weighted by Crippen LogP contribution is -2.34. The van der Waals surface area contributed by atoms with Crippen LogP contribution in [0.1, 0.15) is 59.2 Å². The van der Waals surface area contributed by atoms with Crippen molar-refractivity contribution in [3.8, 4) is 11.5 Å². The highest BCUT2D eigenvalue weighted by atomic mass is 32.1. The number of benzene rings is 1. The van der Waals surface area contributed by atoms with E-state index in [1.165, 1.54) is 11.3 Å². The van der Waals surface area contributed by atoms with Crippen molar-refractivity contribution in [1.82, 2.24) is 4.98 Å². The van der Waals surface area contributed by atoms with Crippen LogP contribution in [0.2, 0.25) is 0 Å². The molecule has 0 unspecified atom stereocenters. The van der Waals surface area contributed by atoms with Crippen LogP contribution >= 0.6 is 11.3 Å².